The van der Waals surface area contributed by atoms with Crippen molar-refractivity contribution in [2.75, 3.05) is 6.54 Å². The summed E-state index contributed by atoms with van der Waals surface area (Å²) in [4.78, 5) is 15.2. The molecule has 2 fully saturated rings. The fraction of sp³-hybridized carbons (Fsp3) is 0.484. The van der Waals surface area contributed by atoms with Crippen molar-refractivity contribution < 1.29 is 43.9 Å². The predicted molar refractivity (Wildman–Crippen MR) is 149 cm³/mol. The number of benzene rings is 2. The van der Waals surface area contributed by atoms with E-state index in [-0.39, 0.29) is 53.7 Å². The van der Waals surface area contributed by atoms with Crippen molar-refractivity contribution in [1.29, 1.82) is 0 Å². The first-order valence-corrected chi connectivity index (χ1v) is 16.2. The summed E-state index contributed by atoms with van der Waals surface area (Å²) < 4.78 is 124. The Hall–Kier alpha value is -3.42. The maximum atomic E-state index is 15.1. The van der Waals surface area contributed by atoms with Crippen LogP contribution in [0.5, 0.6) is 0 Å². The quantitative estimate of drug-likeness (QED) is 0.295. The highest BCUT2D eigenvalue weighted by Gasteiger charge is 2.74. The molecule has 2 aliphatic carbocycles. The molecule has 1 N–H and O–H groups in total. The Balaban J connectivity index is 1.49. The Kier molecular flexibility index (Phi) is 7.60. The van der Waals surface area contributed by atoms with Gasteiger partial charge in [0.25, 0.3) is 0 Å². The van der Waals surface area contributed by atoms with Gasteiger partial charge in [-0.05, 0) is 60.9 Å². The monoisotopic (exact) mass is 657 g/mol. The summed E-state index contributed by atoms with van der Waals surface area (Å²) in [5.41, 5.74) is -6.09. The minimum atomic E-state index is -6.31. The molecule has 1 amide bonds. The molecule has 3 aliphatic rings. The largest absolute Gasteiger partial charge is 0.435 e. The van der Waals surface area contributed by atoms with Crippen molar-refractivity contribution in [3.63, 3.8) is 0 Å². The number of H-pyrrole nitrogens is 1. The van der Waals surface area contributed by atoms with E-state index >= 15 is 4.39 Å². The third-order valence-electron chi connectivity index (χ3n) is 9.78. The number of likely N-dealkylation sites (tertiary alicyclic amines) is 1. The molecule has 0 bridgehead atoms. The van der Waals surface area contributed by atoms with Crippen LogP contribution in [0.4, 0.5) is 30.7 Å². The number of nitrogens with zero attached hydrogens (tertiary/aromatic N) is 2. The van der Waals surface area contributed by atoms with Gasteiger partial charge in [-0.25, -0.2) is 12.8 Å². The number of aromatic amines is 1. The van der Waals surface area contributed by atoms with Gasteiger partial charge < -0.3 is 4.90 Å². The van der Waals surface area contributed by atoms with Gasteiger partial charge in [-0.1, -0.05) is 49.6 Å². The number of hydrogen-bond donors (Lipinski definition) is 1. The molecule has 14 heteroatoms. The van der Waals surface area contributed by atoms with E-state index in [0.717, 1.165) is 25.3 Å². The average Bonchev–Trinajstić information content (AvgIpc) is 3.69. The number of sulfone groups is 1. The molecule has 0 spiro atoms. The molecule has 242 valence electrons. The van der Waals surface area contributed by atoms with E-state index in [1.807, 2.05) is 0 Å². The van der Waals surface area contributed by atoms with Crippen LogP contribution in [0.25, 0.3) is 11.1 Å². The Morgan fingerprint density at radius 2 is 1.56 bits per heavy atom. The van der Waals surface area contributed by atoms with Crippen LogP contribution in [0.15, 0.2) is 59.8 Å². The summed E-state index contributed by atoms with van der Waals surface area (Å²) in [6.45, 7) is 0.0473. The zero-order valence-corrected chi connectivity index (χ0v) is 24.7. The summed E-state index contributed by atoms with van der Waals surface area (Å²) >= 11 is 0. The van der Waals surface area contributed by atoms with Crippen LogP contribution in [-0.2, 0) is 31.5 Å². The molecule has 2 heterocycles. The number of carbonyl (C=O) groups is 1. The van der Waals surface area contributed by atoms with Gasteiger partial charge in [0.2, 0.25) is 5.91 Å². The van der Waals surface area contributed by atoms with E-state index in [0.29, 0.717) is 36.1 Å². The van der Waals surface area contributed by atoms with E-state index in [4.69, 9.17) is 0 Å². The third-order valence-corrected chi connectivity index (χ3v) is 12.3. The van der Waals surface area contributed by atoms with Gasteiger partial charge in [0.05, 0.1) is 17.1 Å². The first-order valence-electron chi connectivity index (χ1n) is 14.7. The van der Waals surface area contributed by atoms with Crippen molar-refractivity contribution in [3.8, 4) is 11.1 Å². The van der Waals surface area contributed by atoms with Crippen LogP contribution in [0, 0.1) is 5.92 Å². The average molecular weight is 658 g/mol. The number of carbonyl (C=O) groups excluding carboxylic acids is 1. The van der Waals surface area contributed by atoms with Gasteiger partial charge in [-0.15, -0.1) is 0 Å². The molecule has 0 radical (unpaired) electrons. The van der Waals surface area contributed by atoms with E-state index in [1.54, 1.807) is 29.4 Å². The molecular weight excluding hydrogens is 627 g/mol. The van der Waals surface area contributed by atoms with Crippen LogP contribution in [0.2, 0.25) is 0 Å². The number of hydrogen-bond acceptors (Lipinski definition) is 4. The third kappa shape index (κ3) is 4.77. The number of fused-ring (bicyclic) bond motifs is 3. The van der Waals surface area contributed by atoms with E-state index in [1.165, 1.54) is 12.1 Å². The van der Waals surface area contributed by atoms with Crippen LogP contribution in [0.3, 0.4) is 0 Å². The summed E-state index contributed by atoms with van der Waals surface area (Å²) in [7, 11) is -4.42. The first kappa shape index (κ1) is 31.6. The molecule has 2 atom stereocenters. The smallest absolute Gasteiger partial charge is 0.337 e. The molecule has 6 nitrogen and oxygen atoms in total. The zero-order chi connectivity index (χ0) is 32.4. The van der Waals surface area contributed by atoms with Crippen LogP contribution < -0.4 is 0 Å². The summed E-state index contributed by atoms with van der Waals surface area (Å²) in [5.74, 6) is -0.481. The molecule has 1 aromatic heterocycles. The fourth-order valence-electron chi connectivity index (χ4n) is 7.52. The number of nitrogens with one attached hydrogen (secondary N) is 1. The van der Waals surface area contributed by atoms with E-state index in [2.05, 4.69) is 10.2 Å². The second-order valence-corrected chi connectivity index (χ2v) is 14.3. The van der Waals surface area contributed by atoms with Crippen LogP contribution >= 0.6 is 0 Å². The second kappa shape index (κ2) is 10.8. The predicted octanol–water partition coefficient (Wildman–Crippen LogP) is 7.16. The van der Waals surface area contributed by atoms with Gasteiger partial charge in [0.15, 0.2) is 9.84 Å². The SMILES string of the molecule is O=C(C1CCCCC1)N1CCC2(S(=O)(=O)c3ccc(-c4cn[nH]c4)cc3)c3ccc(C(F)(C(F)(F)F)C(F)(F)F)cc3CCC12. The molecule has 1 aliphatic heterocycles. The number of alkyl halides is 7. The topological polar surface area (TPSA) is 83.1 Å². The summed E-state index contributed by atoms with van der Waals surface area (Å²) in [6, 6.07) is 6.76. The van der Waals surface area contributed by atoms with E-state index < -0.39 is 44.2 Å². The minimum absolute atomic E-state index is 0.00736. The molecule has 1 saturated carbocycles. The molecule has 2 aromatic carbocycles. The highest BCUT2D eigenvalue weighted by Crippen LogP contribution is 2.57. The number of rotatable bonds is 5. The number of amides is 1. The molecule has 6 rings (SSSR count). The lowest BCUT2D eigenvalue weighted by atomic mass is 9.76. The highest BCUT2D eigenvalue weighted by molar-refractivity contribution is 7.92. The van der Waals surface area contributed by atoms with Crippen molar-refractivity contribution >= 4 is 15.7 Å². The standard InChI is InChI=1S/C31H30F7N3O3S/c32-29(30(33,34)35,31(36,37)38)23-9-12-25-21(16-23)8-13-26-28(25,14-15-41(26)27(42)20-4-2-1-3-5-20)45(43,44)24-10-6-19(7-11-24)22-17-39-40-18-22/h6-7,9-12,16-18,20,26H,1-5,8,13-15H2,(H,39,40). The molecule has 3 aromatic rings. The lowest BCUT2D eigenvalue weighted by molar-refractivity contribution is -0.348. The minimum Gasteiger partial charge on any atom is -0.337 e. The molecule has 45 heavy (non-hydrogen) atoms. The van der Waals surface area contributed by atoms with Crippen LogP contribution in [-0.4, -0.2) is 54.4 Å². The van der Waals surface area contributed by atoms with Gasteiger partial charge in [0.1, 0.15) is 4.75 Å². The Bertz CT molecular complexity index is 1670. The first-order chi connectivity index (χ1) is 21.1. The molecular formula is C31H30F7N3O3S. The van der Waals surface area contributed by atoms with Gasteiger partial charge in [-0.3, -0.25) is 9.89 Å². The Morgan fingerprint density at radius 1 is 0.889 bits per heavy atom. The van der Waals surface area contributed by atoms with Crippen molar-refractivity contribution in [2.24, 2.45) is 5.92 Å². The molecule has 2 unspecified atom stereocenters. The lowest BCUT2D eigenvalue weighted by Crippen LogP contribution is -2.53. The number of halogens is 7. The zero-order valence-electron chi connectivity index (χ0n) is 23.9. The second-order valence-electron chi connectivity index (χ2n) is 12.1. The number of aromatic nitrogens is 2. The Morgan fingerprint density at radius 3 is 2.16 bits per heavy atom. The van der Waals surface area contributed by atoms with Gasteiger partial charge in [0, 0.05) is 29.8 Å². The fourth-order valence-corrected chi connectivity index (χ4v) is 9.89. The normalized spacial score (nSPS) is 23.1. The number of aryl methyl sites for hydroxylation is 1. The summed E-state index contributed by atoms with van der Waals surface area (Å²) in [5, 5.41) is 6.55. The van der Waals surface area contributed by atoms with Crippen molar-refractivity contribution in [3.05, 3.63) is 71.5 Å². The van der Waals surface area contributed by atoms with Crippen LogP contribution in [0.1, 0.15) is 61.6 Å². The highest BCUT2D eigenvalue weighted by atomic mass is 32.2. The lowest BCUT2D eigenvalue weighted by Gasteiger charge is -2.43. The maximum absolute atomic E-state index is 15.1. The summed E-state index contributed by atoms with van der Waals surface area (Å²) in [6.07, 6.45) is -5.72. The van der Waals surface area contributed by atoms with E-state index in [9.17, 15) is 39.6 Å². The van der Waals surface area contributed by atoms with Gasteiger partial charge >= 0.3 is 18.0 Å². The van der Waals surface area contributed by atoms with Crippen molar-refractivity contribution in [2.45, 2.75) is 85.1 Å². The molecule has 1 saturated heterocycles. The van der Waals surface area contributed by atoms with Crippen molar-refractivity contribution in [1.82, 2.24) is 15.1 Å². The Labute approximate surface area is 254 Å². The van der Waals surface area contributed by atoms with Gasteiger partial charge in [-0.2, -0.15) is 31.4 Å². The maximum Gasteiger partial charge on any atom is 0.435 e.